The molecule has 3 rings (SSSR count). The number of rotatable bonds is 3. The van der Waals surface area contributed by atoms with Gasteiger partial charge in [-0.2, -0.15) is 0 Å². The van der Waals surface area contributed by atoms with Crippen molar-refractivity contribution in [3.05, 3.63) is 0 Å². The lowest BCUT2D eigenvalue weighted by Gasteiger charge is -2.35. The third-order valence-electron chi connectivity index (χ3n) is 4.40. The highest BCUT2D eigenvalue weighted by molar-refractivity contribution is 5.80. The summed E-state index contributed by atoms with van der Waals surface area (Å²) in [7, 11) is 0. The van der Waals surface area contributed by atoms with Crippen molar-refractivity contribution in [1.82, 2.24) is 10.2 Å². The Hall–Kier alpha value is -0.690. The highest BCUT2D eigenvalue weighted by Gasteiger charge is 2.44. The van der Waals surface area contributed by atoms with Crippen molar-refractivity contribution in [2.24, 2.45) is 5.73 Å². The first kappa shape index (κ1) is 13.3. The molecule has 0 aromatic rings. The molecule has 3 N–H and O–H groups in total. The summed E-state index contributed by atoms with van der Waals surface area (Å²) in [5, 5.41) is 3.21. The number of ether oxygens (including phenoxy) is 2. The first-order valence-corrected chi connectivity index (χ1v) is 7.24. The van der Waals surface area contributed by atoms with Crippen LogP contribution in [0.2, 0.25) is 0 Å². The molecule has 2 atom stereocenters. The Balaban J connectivity index is 1.57. The Labute approximate surface area is 113 Å². The predicted molar refractivity (Wildman–Crippen MR) is 69.4 cm³/mol. The van der Waals surface area contributed by atoms with Gasteiger partial charge in [-0.1, -0.05) is 0 Å². The number of hydrogen-bond donors (Lipinski definition) is 2. The standard InChI is InChI=1S/C13H23N3O3/c14-12(17)11-7-15-5-6-16(11)8-10-9-18-13(19-10)3-1-2-4-13/h10-11,15H,1-9H2,(H2,14,17). The van der Waals surface area contributed by atoms with E-state index in [9.17, 15) is 4.79 Å². The van der Waals surface area contributed by atoms with Crippen molar-refractivity contribution >= 4 is 5.91 Å². The molecule has 0 radical (unpaired) electrons. The minimum atomic E-state index is -0.319. The molecular formula is C13H23N3O3. The summed E-state index contributed by atoms with van der Waals surface area (Å²) < 4.78 is 12.0. The molecule has 0 aromatic heterocycles. The lowest BCUT2D eigenvalue weighted by molar-refractivity contribution is -0.164. The molecule has 3 fully saturated rings. The second kappa shape index (κ2) is 5.36. The first-order valence-electron chi connectivity index (χ1n) is 7.24. The van der Waals surface area contributed by atoms with E-state index < -0.39 is 0 Å². The summed E-state index contributed by atoms with van der Waals surface area (Å²) in [5.74, 6) is -0.581. The average molecular weight is 269 g/mol. The molecule has 3 aliphatic rings. The van der Waals surface area contributed by atoms with Crippen LogP contribution in [0.15, 0.2) is 0 Å². The maximum Gasteiger partial charge on any atom is 0.236 e. The number of hydrogen-bond acceptors (Lipinski definition) is 5. The van der Waals surface area contributed by atoms with Crippen LogP contribution in [0.3, 0.4) is 0 Å². The van der Waals surface area contributed by atoms with E-state index in [1.807, 2.05) is 0 Å². The predicted octanol–water partition coefficient (Wildman–Crippen LogP) is -0.569. The molecule has 2 unspecified atom stereocenters. The van der Waals surface area contributed by atoms with Gasteiger partial charge in [0.2, 0.25) is 5.91 Å². The summed E-state index contributed by atoms with van der Waals surface area (Å²) >= 11 is 0. The highest BCUT2D eigenvalue weighted by Crippen LogP contribution is 2.39. The summed E-state index contributed by atoms with van der Waals surface area (Å²) in [6, 6.07) is -0.225. The van der Waals surface area contributed by atoms with Gasteiger partial charge < -0.3 is 20.5 Å². The second-order valence-electron chi connectivity index (χ2n) is 5.79. The normalized spacial score (nSPS) is 34.9. The Morgan fingerprint density at radius 1 is 1.42 bits per heavy atom. The van der Waals surface area contributed by atoms with Crippen LogP contribution in [0, 0.1) is 0 Å². The van der Waals surface area contributed by atoms with E-state index in [0.29, 0.717) is 13.2 Å². The van der Waals surface area contributed by atoms with E-state index in [1.165, 1.54) is 12.8 Å². The number of carbonyl (C=O) groups is 1. The molecule has 0 bridgehead atoms. The van der Waals surface area contributed by atoms with E-state index in [4.69, 9.17) is 15.2 Å². The summed E-state index contributed by atoms with van der Waals surface area (Å²) in [5.41, 5.74) is 5.45. The van der Waals surface area contributed by atoms with Crippen LogP contribution in [0.1, 0.15) is 25.7 Å². The van der Waals surface area contributed by atoms with Crippen molar-refractivity contribution in [3.8, 4) is 0 Å². The molecule has 0 aromatic carbocycles. The molecule has 1 saturated carbocycles. The van der Waals surface area contributed by atoms with E-state index in [1.54, 1.807) is 0 Å². The van der Waals surface area contributed by atoms with Gasteiger partial charge in [0, 0.05) is 39.0 Å². The van der Waals surface area contributed by atoms with Crippen LogP contribution in [0.5, 0.6) is 0 Å². The number of nitrogens with two attached hydrogens (primary N) is 1. The Morgan fingerprint density at radius 2 is 2.21 bits per heavy atom. The zero-order valence-corrected chi connectivity index (χ0v) is 11.3. The number of amides is 1. The number of nitrogens with zero attached hydrogens (tertiary/aromatic N) is 1. The van der Waals surface area contributed by atoms with Gasteiger partial charge in [-0.3, -0.25) is 9.69 Å². The fourth-order valence-electron chi connectivity index (χ4n) is 3.39. The van der Waals surface area contributed by atoms with Crippen molar-refractivity contribution in [3.63, 3.8) is 0 Å². The topological polar surface area (TPSA) is 76.8 Å². The lowest BCUT2D eigenvalue weighted by atomic mass is 10.1. The average Bonchev–Trinajstić information content (AvgIpc) is 3.01. The smallest absolute Gasteiger partial charge is 0.236 e. The van der Waals surface area contributed by atoms with Crippen LogP contribution < -0.4 is 11.1 Å². The Kier molecular flexibility index (Phi) is 3.75. The Bertz CT molecular complexity index is 344. The third kappa shape index (κ3) is 2.76. The lowest BCUT2D eigenvalue weighted by Crippen LogP contribution is -2.58. The van der Waals surface area contributed by atoms with Crippen molar-refractivity contribution in [2.75, 3.05) is 32.8 Å². The number of piperazine rings is 1. The van der Waals surface area contributed by atoms with Crippen molar-refractivity contribution < 1.29 is 14.3 Å². The molecule has 2 aliphatic heterocycles. The molecule has 1 aliphatic carbocycles. The maximum atomic E-state index is 11.5. The van der Waals surface area contributed by atoms with Crippen LogP contribution in [-0.2, 0) is 14.3 Å². The van der Waals surface area contributed by atoms with Crippen LogP contribution in [-0.4, -0.2) is 61.5 Å². The molecule has 2 heterocycles. The van der Waals surface area contributed by atoms with Gasteiger partial charge >= 0.3 is 0 Å². The minimum absolute atomic E-state index is 0.0676. The summed E-state index contributed by atoms with van der Waals surface area (Å²) in [6.07, 6.45) is 4.45. The van der Waals surface area contributed by atoms with Gasteiger partial charge in [-0.25, -0.2) is 0 Å². The summed E-state index contributed by atoms with van der Waals surface area (Å²) in [4.78, 5) is 13.6. The van der Waals surface area contributed by atoms with Crippen molar-refractivity contribution in [2.45, 2.75) is 43.6 Å². The molecule has 108 valence electrons. The quantitative estimate of drug-likeness (QED) is 0.717. The van der Waals surface area contributed by atoms with Gasteiger partial charge in [0.05, 0.1) is 12.7 Å². The van der Waals surface area contributed by atoms with Gasteiger partial charge in [-0.05, 0) is 12.8 Å². The highest BCUT2D eigenvalue weighted by atomic mass is 16.7. The zero-order valence-electron chi connectivity index (χ0n) is 11.3. The fourth-order valence-corrected chi connectivity index (χ4v) is 3.39. The fraction of sp³-hybridized carbons (Fsp3) is 0.923. The number of primary amides is 1. The number of carbonyl (C=O) groups excluding carboxylic acids is 1. The van der Waals surface area contributed by atoms with E-state index in [-0.39, 0.29) is 23.8 Å². The third-order valence-corrected chi connectivity index (χ3v) is 4.40. The molecule has 6 heteroatoms. The second-order valence-corrected chi connectivity index (χ2v) is 5.79. The minimum Gasteiger partial charge on any atom is -0.368 e. The first-order chi connectivity index (χ1) is 9.19. The maximum absolute atomic E-state index is 11.5. The largest absolute Gasteiger partial charge is 0.368 e. The van der Waals surface area contributed by atoms with Gasteiger partial charge in [0.25, 0.3) is 0 Å². The SMILES string of the molecule is NC(=O)C1CNCCN1CC1COC2(CCCC2)O1. The molecule has 1 amide bonds. The molecule has 6 nitrogen and oxygen atoms in total. The van der Waals surface area contributed by atoms with Gasteiger partial charge in [-0.15, -0.1) is 0 Å². The monoisotopic (exact) mass is 269 g/mol. The number of nitrogens with one attached hydrogen (secondary N) is 1. The van der Waals surface area contributed by atoms with E-state index >= 15 is 0 Å². The Morgan fingerprint density at radius 3 is 2.95 bits per heavy atom. The van der Waals surface area contributed by atoms with Crippen LogP contribution in [0.4, 0.5) is 0 Å². The molecular weight excluding hydrogens is 246 g/mol. The molecule has 2 saturated heterocycles. The molecule has 19 heavy (non-hydrogen) atoms. The van der Waals surface area contributed by atoms with E-state index in [0.717, 1.165) is 32.5 Å². The zero-order chi connectivity index (χ0) is 13.3. The van der Waals surface area contributed by atoms with Crippen LogP contribution in [0.25, 0.3) is 0 Å². The van der Waals surface area contributed by atoms with Crippen molar-refractivity contribution in [1.29, 1.82) is 0 Å². The van der Waals surface area contributed by atoms with Gasteiger partial charge in [0.15, 0.2) is 5.79 Å². The summed E-state index contributed by atoms with van der Waals surface area (Å²) in [6.45, 7) is 3.73. The van der Waals surface area contributed by atoms with Crippen LogP contribution >= 0.6 is 0 Å². The van der Waals surface area contributed by atoms with Gasteiger partial charge in [0.1, 0.15) is 6.04 Å². The molecule has 1 spiro atoms. The van der Waals surface area contributed by atoms with E-state index in [2.05, 4.69) is 10.2 Å².